The summed E-state index contributed by atoms with van der Waals surface area (Å²) in [4.78, 5) is 67.4. The molecule has 5 aromatic rings. The van der Waals surface area contributed by atoms with E-state index in [1.807, 2.05) is 0 Å². The van der Waals surface area contributed by atoms with Gasteiger partial charge in [0.1, 0.15) is 12.7 Å². The zero-order chi connectivity index (χ0) is 36.3. The molecule has 0 radical (unpaired) electrons. The lowest BCUT2D eigenvalue weighted by Gasteiger charge is -2.43. The van der Waals surface area contributed by atoms with Crippen LogP contribution < -0.4 is 0 Å². The molecule has 0 spiro atoms. The topological polar surface area (TPSA) is 141 Å². The van der Waals surface area contributed by atoms with Crippen LogP contribution in [0.25, 0.3) is 0 Å². The zero-order valence-electron chi connectivity index (χ0n) is 27.5. The summed E-state index contributed by atoms with van der Waals surface area (Å²) >= 11 is 0. The Labute approximate surface area is 298 Å². The predicted octanol–water partition coefficient (Wildman–Crippen LogP) is 6.10. The molecule has 11 nitrogen and oxygen atoms in total. The van der Waals surface area contributed by atoms with Gasteiger partial charge in [-0.3, -0.25) is 0 Å². The Kier molecular flexibility index (Phi) is 11.4. The fourth-order valence-corrected chi connectivity index (χ4v) is 5.37. The Morgan fingerprint density at radius 3 is 1.08 bits per heavy atom. The van der Waals surface area contributed by atoms with Crippen LogP contribution in [-0.2, 0) is 28.4 Å². The number of rotatable bonds is 11. The molecule has 0 bridgehead atoms. The average molecular weight is 701 g/mol. The minimum Gasteiger partial charge on any atom is -0.459 e. The van der Waals surface area contributed by atoms with Crippen molar-refractivity contribution in [3.05, 3.63) is 179 Å². The smallest absolute Gasteiger partial charge is 0.340 e. The highest BCUT2D eigenvalue weighted by molar-refractivity contribution is 5.92. The molecule has 0 aromatic heterocycles. The molecule has 0 amide bonds. The molecule has 1 aliphatic heterocycles. The minimum atomic E-state index is -1.75. The van der Waals surface area contributed by atoms with Crippen molar-refractivity contribution in [2.45, 2.75) is 30.7 Å². The van der Waals surface area contributed by atoms with E-state index in [2.05, 4.69) is 0 Å². The number of carbonyl (C=O) groups is 5. The minimum absolute atomic E-state index is 0.125. The van der Waals surface area contributed by atoms with Crippen molar-refractivity contribution in [2.75, 3.05) is 6.61 Å². The summed E-state index contributed by atoms with van der Waals surface area (Å²) in [6.07, 6.45) is -8.07. The molecule has 0 unspecified atom stereocenters. The maximum atomic E-state index is 13.7. The van der Waals surface area contributed by atoms with Crippen LogP contribution in [0.3, 0.4) is 0 Å². The van der Waals surface area contributed by atoms with Crippen molar-refractivity contribution in [2.24, 2.45) is 0 Å². The zero-order valence-corrected chi connectivity index (χ0v) is 27.5. The number of benzene rings is 5. The van der Waals surface area contributed by atoms with Gasteiger partial charge in [-0.15, -0.1) is 0 Å². The van der Waals surface area contributed by atoms with E-state index in [0.29, 0.717) is 0 Å². The summed E-state index contributed by atoms with van der Waals surface area (Å²) in [7, 11) is 0. The standard InChI is InChI=1S/C41H32O11/c42-36(27-16-6-1-7-17-27)47-26-32-33(49-37(43)28-18-8-2-9-19-28)34(50-38(44)29-20-10-3-11-21-29)35(51-39(45)30-22-12-4-13-23-30)41(48-32)52-40(46)31-24-14-5-15-25-31/h1-25,32-35,41H,26H2/t32-,33-,34-,35-,41-/m0/s1. The number of ether oxygens (including phenoxy) is 6. The van der Waals surface area contributed by atoms with Gasteiger partial charge in [0.25, 0.3) is 0 Å². The van der Waals surface area contributed by atoms with Crippen LogP contribution in [0.15, 0.2) is 152 Å². The maximum Gasteiger partial charge on any atom is 0.340 e. The highest BCUT2D eigenvalue weighted by Gasteiger charge is 2.54. The van der Waals surface area contributed by atoms with E-state index in [1.165, 1.54) is 48.5 Å². The Balaban J connectivity index is 1.41. The van der Waals surface area contributed by atoms with Gasteiger partial charge in [0, 0.05) is 0 Å². The number of carbonyl (C=O) groups excluding carboxylic acids is 5. The van der Waals surface area contributed by atoms with Crippen LogP contribution >= 0.6 is 0 Å². The molecule has 1 heterocycles. The Bertz CT molecular complexity index is 1970. The first-order valence-corrected chi connectivity index (χ1v) is 16.3. The molecule has 6 rings (SSSR count). The van der Waals surface area contributed by atoms with Crippen molar-refractivity contribution < 1.29 is 52.4 Å². The van der Waals surface area contributed by atoms with Gasteiger partial charge < -0.3 is 28.4 Å². The highest BCUT2D eigenvalue weighted by atomic mass is 16.7. The molecule has 262 valence electrons. The van der Waals surface area contributed by atoms with Gasteiger partial charge in [0.15, 0.2) is 12.2 Å². The van der Waals surface area contributed by atoms with Crippen molar-refractivity contribution in [1.82, 2.24) is 0 Å². The molecular formula is C41H32O11. The van der Waals surface area contributed by atoms with Gasteiger partial charge in [-0.2, -0.15) is 0 Å². The third-order valence-corrected chi connectivity index (χ3v) is 7.97. The van der Waals surface area contributed by atoms with Gasteiger partial charge in [0.05, 0.1) is 27.8 Å². The Hall–Kier alpha value is -6.59. The average Bonchev–Trinajstić information content (AvgIpc) is 3.20. The molecule has 11 heteroatoms. The molecule has 52 heavy (non-hydrogen) atoms. The number of hydrogen-bond donors (Lipinski definition) is 0. The summed E-state index contributed by atoms with van der Waals surface area (Å²) in [5, 5.41) is 0. The lowest BCUT2D eigenvalue weighted by molar-refractivity contribution is -0.282. The Morgan fingerprint density at radius 1 is 0.385 bits per heavy atom. The van der Waals surface area contributed by atoms with E-state index < -0.39 is 67.2 Å². The first kappa shape index (κ1) is 35.2. The fraction of sp³-hybridized carbons (Fsp3) is 0.146. The second-order valence-electron chi connectivity index (χ2n) is 11.5. The summed E-state index contributed by atoms with van der Waals surface area (Å²) in [6, 6.07) is 40.0. The summed E-state index contributed by atoms with van der Waals surface area (Å²) in [5.74, 6) is -4.19. The van der Waals surface area contributed by atoms with Gasteiger partial charge in [-0.25, -0.2) is 24.0 Å². The molecular weight excluding hydrogens is 668 g/mol. The third-order valence-electron chi connectivity index (χ3n) is 7.97. The van der Waals surface area contributed by atoms with Crippen LogP contribution in [0.5, 0.6) is 0 Å². The third kappa shape index (κ3) is 8.76. The second-order valence-corrected chi connectivity index (χ2v) is 11.5. The predicted molar refractivity (Wildman–Crippen MR) is 184 cm³/mol. The van der Waals surface area contributed by atoms with Crippen LogP contribution in [-0.4, -0.2) is 67.2 Å². The molecule has 5 atom stereocenters. The van der Waals surface area contributed by atoms with E-state index in [4.69, 9.17) is 28.4 Å². The normalized spacial score (nSPS) is 19.3. The summed E-state index contributed by atoms with van der Waals surface area (Å²) in [5.41, 5.74) is 0.762. The van der Waals surface area contributed by atoms with E-state index in [9.17, 15) is 24.0 Å². The summed E-state index contributed by atoms with van der Waals surface area (Å²) < 4.78 is 35.5. The van der Waals surface area contributed by atoms with Gasteiger partial charge in [0.2, 0.25) is 12.4 Å². The molecule has 1 aliphatic rings. The van der Waals surface area contributed by atoms with Crippen molar-refractivity contribution in [3.8, 4) is 0 Å². The van der Waals surface area contributed by atoms with Crippen molar-refractivity contribution >= 4 is 29.8 Å². The molecule has 0 aliphatic carbocycles. The monoisotopic (exact) mass is 700 g/mol. The van der Waals surface area contributed by atoms with Gasteiger partial charge in [-0.05, 0) is 60.7 Å². The van der Waals surface area contributed by atoms with Gasteiger partial charge in [-0.1, -0.05) is 91.0 Å². The number of esters is 5. The van der Waals surface area contributed by atoms with Crippen LogP contribution in [0.2, 0.25) is 0 Å². The molecule has 0 N–H and O–H groups in total. The van der Waals surface area contributed by atoms with E-state index in [1.54, 1.807) is 103 Å². The lowest BCUT2D eigenvalue weighted by Crippen LogP contribution is -2.63. The second kappa shape index (κ2) is 16.9. The molecule has 1 fully saturated rings. The molecule has 5 aromatic carbocycles. The first-order valence-electron chi connectivity index (χ1n) is 16.3. The van der Waals surface area contributed by atoms with Crippen LogP contribution in [0.1, 0.15) is 51.8 Å². The number of hydrogen-bond acceptors (Lipinski definition) is 11. The SMILES string of the molecule is O=C(OC[C@@H]1O[C@@H](OC(=O)c2ccccc2)[C@@H](OC(=O)c2ccccc2)[C@@H](OC(=O)c2ccccc2)[C@H]1OC(=O)c1ccccc1)c1ccccc1. The van der Waals surface area contributed by atoms with E-state index in [-0.39, 0.29) is 27.8 Å². The molecule has 1 saturated heterocycles. The Morgan fingerprint density at radius 2 is 0.692 bits per heavy atom. The summed E-state index contributed by atoms with van der Waals surface area (Å²) in [6.45, 7) is -0.557. The van der Waals surface area contributed by atoms with Crippen LogP contribution in [0.4, 0.5) is 0 Å². The van der Waals surface area contributed by atoms with Crippen molar-refractivity contribution in [1.29, 1.82) is 0 Å². The lowest BCUT2D eigenvalue weighted by atomic mass is 9.97. The highest BCUT2D eigenvalue weighted by Crippen LogP contribution is 2.32. The fourth-order valence-electron chi connectivity index (χ4n) is 5.37. The largest absolute Gasteiger partial charge is 0.459 e. The van der Waals surface area contributed by atoms with E-state index >= 15 is 0 Å². The quantitative estimate of drug-likeness (QED) is 0.117. The maximum absolute atomic E-state index is 13.7. The van der Waals surface area contributed by atoms with Gasteiger partial charge >= 0.3 is 29.8 Å². The van der Waals surface area contributed by atoms with E-state index in [0.717, 1.165) is 0 Å². The van der Waals surface area contributed by atoms with Crippen molar-refractivity contribution in [3.63, 3.8) is 0 Å². The first-order chi connectivity index (χ1) is 25.4. The van der Waals surface area contributed by atoms with Crippen LogP contribution in [0, 0.1) is 0 Å². The molecule has 0 saturated carbocycles.